The molecular weight excluding hydrogens is 246 g/mol. The molecule has 20 heavy (non-hydrogen) atoms. The van der Waals surface area contributed by atoms with Crippen LogP contribution >= 0.6 is 0 Å². The minimum absolute atomic E-state index is 0.221. The topological polar surface area (TPSA) is 33.0 Å². The first-order valence-corrected chi connectivity index (χ1v) is 7.02. The SMILES string of the molecule is CCOc1ccc(-c2cccc(C3(C#N)CC3)c2)cc1. The maximum atomic E-state index is 9.30. The highest BCUT2D eigenvalue weighted by atomic mass is 16.5. The lowest BCUT2D eigenvalue weighted by Crippen LogP contribution is -2.02. The van der Waals surface area contributed by atoms with Crippen LogP contribution in [0.3, 0.4) is 0 Å². The fraction of sp³-hybridized carbons (Fsp3) is 0.278. The van der Waals surface area contributed by atoms with Crippen molar-refractivity contribution >= 4 is 0 Å². The summed E-state index contributed by atoms with van der Waals surface area (Å²) in [6.45, 7) is 2.66. The Morgan fingerprint density at radius 3 is 2.45 bits per heavy atom. The molecule has 2 nitrogen and oxygen atoms in total. The second-order valence-electron chi connectivity index (χ2n) is 5.23. The van der Waals surface area contributed by atoms with E-state index in [1.165, 1.54) is 0 Å². The standard InChI is InChI=1S/C18H17NO/c1-2-20-17-8-6-14(7-9-17)15-4-3-5-16(12-15)18(13-19)10-11-18/h3-9,12H,2,10-11H2,1H3. The number of ether oxygens (including phenoxy) is 1. The van der Waals surface area contributed by atoms with Crippen molar-refractivity contribution in [2.24, 2.45) is 0 Å². The molecule has 2 heteroatoms. The van der Waals surface area contributed by atoms with Gasteiger partial charge in [0.2, 0.25) is 0 Å². The first kappa shape index (κ1) is 12.7. The van der Waals surface area contributed by atoms with Crippen molar-refractivity contribution in [2.75, 3.05) is 6.61 Å². The molecule has 100 valence electrons. The fourth-order valence-electron chi connectivity index (χ4n) is 2.50. The molecule has 0 aromatic heterocycles. The molecule has 0 saturated heterocycles. The summed E-state index contributed by atoms with van der Waals surface area (Å²) in [7, 11) is 0. The molecule has 0 aliphatic heterocycles. The molecule has 1 aliphatic rings. The van der Waals surface area contributed by atoms with Crippen LogP contribution in [-0.2, 0) is 5.41 Å². The molecule has 3 rings (SSSR count). The summed E-state index contributed by atoms with van der Waals surface area (Å²) in [6, 6.07) is 18.9. The van der Waals surface area contributed by atoms with Gasteiger partial charge in [-0.2, -0.15) is 5.26 Å². The van der Waals surface area contributed by atoms with Crippen LogP contribution < -0.4 is 4.74 Å². The molecule has 1 saturated carbocycles. The van der Waals surface area contributed by atoms with Gasteiger partial charge in [0.15, 0.2) is 0 Å². The van der Waals surface area contributed by atoms with Gasteiger partial charge in [-0.1, -0.05) is 30.3 Å². The van der Waals surface area contributed by atoms with Gasteiger partial charge in [0.05, 0.1) is 18.1 Å². The van der Waals surface area contributed by atoms with Crippen molar-refractivity contribution in [3.8, 4) is 22.9 Å². The molecule has 0 atom stereocenters. The van der Waals surface area contributed by atoms with Crippen molar-refractivity contribution in [2.45, 2.75) is 25.2 Å². The zero-order valence-corrected chi connectivity index (χ0v) is 11.6. The molecule has 0 unspecified atom stereocenters. The molecule has 1 fully saturated rings. The average molecular weight is 263 g/mol. The van der Waals surface area contributed by atoms with Gasteiger partial charge >= 0.3 is 0 Å². The van der Waals surface area contributed by atoms with Gasteiger partial charge in [-0.15, -0.1) is 0 Å². The Balaban J connectivity index is 1.91. The number of benzene rings is 2. The third-order valence-electron chi connectivity index (χ3n) is 3.88. The minimum Gasteiger partial charge on any atom is -0.494 e. The van der Waals surface area contributed by atoms with Crippen LogP contribution in [0.4, 0.5) is 0 Å². The van der Waals surface area contributed by atoms with Crippen LogP contribution in [0, 0.1) is 11.3 Å². The minimum atomic E-state index is -0.221. The Kier molecular flexibility index (Phi) is 3.20. The Morgan fingerprint density at radius 2 is 1.85 bits per heavy atom. The van der Waals surface area contributed by atoms with E-state index in [4.69, 9.17) is 4.74 Å². The molecule has 0 N–H and O–H groups in total. The molecule has 0 heterocycles. The van der Waals surface area contributed by atoms with Crippen molar-refractivity contribution < 1.29 is 4.74 Å². The lowest BCUT2D eigenvalue weighted by atomic mass is 9.94. The van der Waals surface area contributed by atoms with Gasteiger partial charge < -0.3 is 4.74 Å². The zero-order valence-electron chi connectivity index (χ0n) is 11.6. The molecule has 0 spiro atoms. The highest BCUT2D eigenvalue weighted by molar-refractivity contribution is 5.66. The van der Waals surface area contributed by atoms with Gasteiger partial charge in [-0.05, 0) is 54.7 Å². The largest absolute Gasteiger partial charge is 0.494 e. The van der Waals surface area contributed by atoms with E-state index in [0.717, 1.165) is 35.3 Å². The Hall–Kier alpha value is -2.27. The third kappa shape index (κ3) is 2.28. The maximum Gasteiger partial charge on any atom is 0.119 e. The molecule has 2 aromatic rings. The van der Waals surface area contributed by atoms with E-state index in [9.17, 15) is 5.26 Å². The monoisotopic (exact) mass is 263 g/mol. The van der Waals surface area contributed by atoms with E-state index in [1.54, 1.807) is 0 Å². The molecule has 0 radical (unpaired) electrons. The van der Waals surface area contributed by atoms with Crippen LogP contribution in [0.1, 0.15) is 25.3 Å². The van der Waals surface area contributed by atoms with Gasteiger partial charge in [-0.3, -0.25) is 0 Å². The van der Waals surface area contributed by atoms with E-state index in [1.807, 2.05) is 25.1 Å². The van der Waals surface area contributed by atoms with Gasteiger partial charge in [-0.25, -0.2) is 0 Å². The number of hydrogen-bond donors (Lipinski definition) is 0. The van der Waals surface area contributed by atoms with E-state index in [0.29, 0.717) is 6.61 Å². The van der Waals surface area contributed by atoms with Gasteiger partial charge in [0, 0.05) is 0 Å². The van der Waals surface area contributed by atoms with Crippen molar-refractivity contribution in [3.63, 3.8) is 0 Å². The van der Waals surface area contributed by atoms with Crippen LogP contribution in [0.2, 0.25) is 0 Å². The number of nitrogens with zero attached hydrogens (tertiary/aromatic N) is 1. The molecular formula is C18H17NO. The highest BCUT2D eigenvalue weighted by Gasteiger charge is 2.44. The van der Waals surface area contributed by atoms with Crippen molar-refractivity contribution in [1.82, 2.24) is 0 Å². The summed E-state index contributed by atoms with van der Waals surface area (Å²) in [6.07, 6.45) is 1.96. The van der Waals surface area contributed by atoms with Crippen LogP contribution in [0.5, 0.6) is 5.75 Å². The number of hydrogen-bond acceptors (Lipinski definition) is 2. The van der Waals surface area contributed by atoms with E-state index >= 15 is 0 Å². The molecule has 0 amide bonds. The second-order valence-corrected chi connectivity index (χ2v) is 5.23. The Bertz CT molecular complexity index is 648. The summed E-state index contributed by atoms with van der Waals surface area (Å²) in [5.41, 5.74) is 3.24. The van der Waals surface area contributed by atoms with Gasteiger partial charge in [0.1, 0.15) is 5.75 Å². The summed E-state index contributed by atoms with van der Waals surface area (Å²) >= 11 is 0. The third-order valence-corrected chi connectivity index (χ3v) is 3.88. The van der Waals surface area contributed by atoms with Crippen LogP contribution in [-0.4, -0.2) is 6.61 Å². The quantitative estimate of drug-likeness (QED) is 0.823. The lowest BCUT2D eigenvalue weighted by molar-refractivity contribution is 0.340. The van der Waals surface area contributed by atoms with Crippen LogP contribution in [0.25, 0.3) is 11.1 Å². The normalized spacial score (nSPS) is 15.4. The Labute approximate surface area is 119 Å². The number of nitriles is 1. The van der Waals surface area contributed by atoms with Crippen molar-refractivity contribution in [3.05, 3.63) is 54.1 Å². The predicted molar refractivity (Wildman–Crippen MR) is 79.6 cm³/mol. The first-order chi connectivity index (χ1) is 9.77. The number of rotatable bonds is 4. The molecule has 0 bridgehead atoms. The predicted octanol–water partition coefficient (Wildman–Crippen LogP) is 4.31. The molecule has 1 aliphatic carbocycles. The fourth-order valence-corrected chi connectivity index (χ4v) is 2.50. The van der Waals surface area contributed by atoms with E-state index < -0.39 is 0 Å². The summed E-state index contributed by atoms with van der Waals surface area (Å²) in [4.78, 5) is 0. The summed E-state index contributed by atoms with van der Waals surface area (Å²) < 4.78 is 5.46. The second kappa shape index (κ2) is 5.02. The van der Waals surface area contributed by atoms with Gasteiger partial charge in [0.25, 0.3) is 0 Å². The summed E-state index contributed by atoms with van der Waals surface area (Å²) in [5.74, 6) is 0.892. The first-order valence-electron chi connectivity index (χ1n) is 7.02. The molecule has 2 aromatic carbocycles. The highest BCUT2D eigenvalue weighted by Crippen LogP contribution is 2.48. The summed E-state index contributed by atoms with van der Waals surface area (Å²) in [5, 5.41) is 9.30. The lowest BCUT2D eigenvalue weighted by Gasteiger charge is -2.10. The maximum absolute atomic E-state index is 9.30. The van der Waals surface area contributed by atoms with Crippen molar-refractivity contribution in [1.29, 1.82) is 5.26 Å². The smallest absolute Gasteiger partial charge is 0.119 e. The van der Waals surface area contributed by atoms with E-state index in [2.05, 4.69) is 36.4 Å². The van der Waals surface area contributed by atoms with Crippen LogP contribution in [0.15, 0.2) is 48.5 Å². The van der Waals surface area contributed by atoms with E-state index in [-0.39, 0.29) is 5.41 Å². The zero-order chi connectivity index (χ0) is 14.0. The average Bonchev–Trinajstić information content (AvgIpc) is 3.30. The Morgan fingerprint density at radius 1 is 1.10 bits per heavy atom.